The van der Waals surface area contributed by atoms with Gasteiger partial charge in [0.1, 0.15) is 0 Å². The van der Waals surface area contributed by atoms with Crippen molar-refractivity contribution >= 4 is 0 Å². The van der Waals surface area contributed by atoms with E-state index in [0.717, 1.165) is 124 Å². The Balaban J connectivity index is 7.09. The zero-order chi connectivity index (χ0) is 50.0. The van der Waals surface area contributed by atoms with E-state index in [-0.39, 0.29) is 22.0 Å². The van der Waals surface area contributed by atoms with Crippen LogP contribution in [0.3, 0.4) is 0 Å². The molecule has 0 N–H and O–H groups in total. The van der Waals surface area contributed by atoms with Gasteiger partial charge in [-0.15, -0.1) is 0 Å². The van der Waals surface area contributed by atoms with Gasteiger partial charge in [-0.2, -0.15) is 0 Å². The quantitative estimate of drug-likeness (QED) is 0.0566. The van der Waals surface area contributed by atoms with Crippen molar-refractivity contribution < 1.29 is 28.4 Å². The first-order chi connectivity index (χ1) is 32.1. The van der Waals surface area contributed by atoms with Crippen LogP contribution in [-0.2, 0) is 28.4 Å². The van der Waals surface area contributed by atoms with Crippen molar-refractivity contribution in [3.63, 3.8) is 0 Å². The highest BCUT2D eigenvalue weighted by Gasteiger charge is 2.55. The summed E-state index contributed by atoms with van der Waals surface area (Å²) in [6, 6.07) is 0. The van der Waals surface area contributed by atoms with Crippen LogP contribution >= 0.6 is 0 Å². The predicted molar refractivity (Wildman–Crippen MR) is 293 cm³/mol. The lowest BCUT2D eigenvalue weighted by Gasteiger charge is -2.57. The summed E-state index contributed by atoms with van der Waals surface area (Å²) in [7, 11) is 0. The maximum Gasteiger partial charge on any atom is 0.0741 e. The molecule has 0 saturated heterocycles. The lowest BCUT2D eigenvalue weighted by atomic mass is 9.52. The van der Waals surface area contributed by atoms with Crippen molar-refractivity contribution in [2.45, 2.75) is 300 Å². The zero-order valence-corrected chi connectivity index (χ0v) is 48.2. The fraction of sp³-hybridized carbons (Fsp3) is 1.00. The van der Waals surface area contributed by atoms with Gasteiger partial charge < -0.3 is 28.4 Å². The van der Waals surface area contributed by atoms with Gasteiger partial charge in [-0.25, -0.2) is 0 Å². The minimum atomic E-state index is -0.173. The van der Waals surface area contributed by atoms with E-state index in [2.05, 4.69) is 90.0 Å². The SMILES string of the molecule is CCCCCCOCCCCCOC(CCCCCOCCC(C)C)(CCCCCOCC(C)(C)C)C(CCCCCOCCCCC)(CCCCCOC(C)(C)C)C(CCCCC)C(C)C. The minimum absolute atomic E-state index is 0.0908. The molecule has 0 aliphatic carbocycles. The average molecular weight is 954 g/mol. The van der Waals surface area contributed by atoms with Crippen LogP contribution in [0.1, 0.15) is 289 Å². The third kappa shape index (κ3) is 37.2. The standard InChI is InChI=1S/C61H124O6/c1-14-17-20-32-46-63-48-36-25-38-52-67-61(43-29-23-34-49-64-53-40-55(4)5,44-30-24-35-50-65-54-58(8,9)10)60(57(56(6)7)39-26-18-15-2,42-28-22-37-51-66-59(11,12)13)41-27-21-33-47-62-45-31-19-16-3/h55-57H,14-54H2,1-13H3. The Bertz CT molecular complexity index is 1020. The highest BCUT2D eigenvalue weighted by molar-refractivity contribution is 5.05. The van der Waals surface area contributed by atoms with E-state index >= 15 is 0 Å². The number of ether oxygens (including phenoxy) is 6. The molecule has 0 bridgehead atoms. The van der Waals surface area contributed by atoms with Gasteiger partial charge >= 0.3 is 0 Å². The molecule has 3 unspecified atom stereocenters. The van der Waals surface area contributed by atoms with Crippen molar-refractivity contribution in [2.24, 2.45) is 28.6 Å². The normalized spacial score (nSPS) is 14.9. The van der Waals surface area contributed by atoms with E-state index in [1.165, 1.54) is 141 Å². The lowest BCUT2D eigenvalue weighted by molar-refractivity contribution is -0.189. The molecule has 404 valence electrons. The van der Waals surface area contributed by atoms with Gasteiger partial charge in [0, 0.05) is 64.9 Å². The molecule has 67 heavy (non-hydrogen) atoms. The Labute approximate surface area is 421 Å². The molecule has 0 aromatic carbocycles. The predicted octanol–water partition coefficient (Wildman–Crippen LogP) is 18.7. The Morgan fingerprint density at radius 2 is 0.716 bits per heavy atom. The zero-order valence-electron chi connectivity index (χ0n) is 48.2. The van der Waals surface area contributed by atoms with Gasteiger partial charge in [-0.1, -0.05) is 172 Å². The van der Waals surface area contributed by atoms with Crippen molar-refractivity contribution in [2.75, 3.05) is 66.1 Å². The Hall–Kier alpha value is -0.240. The third-order valence-corrected chi connectivity index (χ3v) is 14.2. The fourth-order valence-electron chi connectivity index (χ4n) is 10.4. The fourth-order valence-corrected chi connectivity index (χ4v) is 10.4. The van der Waals surface area contributed by atoms with Crippen LogP contribution in [0.2, 0.25) is 0 Å². The molecule has 0 radical (unpaired) electrons. The molecule has 0 aromatic rings. The van der Waals surface area contributed by atoms with Crippen molar-refractivity contribution in [3.8, 4) is 0 Å². The van der Waals surface area contributed by atoms with Crippen molar-refractivity contribution in [1.29, 1.82) is 0 Å². The Kier molecular flexibility index (Phi) is 43.2. The molecule has 0 heterocycles. The monoisotopic (exact) mass is 953 g/mol. The molecule has 0 fully saturated rings. The molecule has 0 aliphatic rings. The second-order valence-corrected chi connectivity index (χ2v) is 24.0. The molecule has 6 nitrogen and oxygen atoms in total. The largest absolute Gasteiger partial charge is 0.381 e. The van der Waals surface area contributed by atoms with Crippen LogP contribution in [-0.4, -0.2) is 77.3 Å². The van der Waals surface area contributed by atoms with Crippen molar-refractivity contribution in [3.05, 3.63) is 0 Å². The number of hydrogen-bond acceptors (Lipinski definition) is 6. The summed E-state index contributed by atoms with van der Waals surface area (Å²) in [4.78, 5) is 0. The van der Waals surface area contributed by atoms with Crippen LogP contribution in [0.25, 0.3) is 0 Å². The van der Waals surface area contributed by atoms with Crippen LogP contribution in [0.15, 0.2) is 0 Å². The molecule has 6 heteroatoms. The van der Waals surface area contributed by atoms with E-state index < -0.39 is 0 Å². The third-order valence-electron chi connectivity index (χ3n) is 14.2. The summed E-state index contributed by atoms with van der Waals surface area (Å²) in [5.41, 5.74) is 0.0339. The molecule has 3 atom stereocenters. The summed E-state index contributed by atoms with van der Waals surface area (Å²) in [6.07, 6.45) is 37.7. The van der Waals surface area contributed by atoms with Gasteiger partial charge in [0.15, 0.2) is 0 Å². The highest BCUT2D eigenvalue weighted by Crippen LogP contribution is 2.57. The van der Waals surface area contributed by atoms with Crippen LogP contribution in [0.4, 0.5) is 0 Å². The number of hydrogen-bond donors (Lipinski definition) is 0. The molecular formula is C61H124O6. The van der Waals surface area contributed by atoms with Crippen molar-refractivity contribution in [1.82, 2.24) is 0 Å². The van der Waals surface area contributed by atoms with Gasteiger partial charge in [-0.3, -0.25) is 0 Å². The number of rotatable bonds is 51. The van der Waals surface area contributed by atoms with Crippen LogP contribution in [0.5, 0.6) is 0 Å². The first-order valence-electron chi connectivity index (χ1n) is 29.7. The second-order valence-electron chi connectivity index (χ2n) is 24.0. The molecular weight excluding hydrogens is 829 g/mol. The maximum atomic E-state index is 7.95. The first kappa shape index (κ1) is 66.8. The second kappa shape index (κ2) is 43.4. The molecule has 0 rings (SSSR count). The topological polar surface area (TPSA) is 55.4 Å². The van der Waals surface area contributed by atoms with E-state index in [1.54, 1.807) is 0 Å². The highest BCUT2D eigenvalue weighted by atomic mass is 16.5. The van der Waals surface area contributed by atoms with Crippen LogP contribution < -0.4 is 0 Å². The molecule has 0 saturated carbocycles. The first-order valence-corrected chi connectivity index (χ1v) is 29.7. The minimum Gasteiger partial charge on any atom is -0.381 e. The smallest absolute Gasteiger partial charge is 0.0741 e. The van der Waals surface area contributed by atoms with E-state index in [0.29, 0.717) is 17.8 Å². The van der Waals surface area contributed by atoms with Gasteiger partial charge in [0.25, 0.3) is 0 Å². The molecule has 0 aromatic heterocycles. The van der Waals surface area contributed by atoms with Gasteiger partial charge in [-0.05, 0) is 140 Å². The average Bonchev–Trinajstić information content (AvgIpc) is 3.26. The summed E-state index contributed by atoms with van der Waals surface area (Å²) in [6.45, 7) is 38.8. The maximum absolute atomic E-state index is 7.95. The molecule has 0 spiro atoms. The van der Waals surface area contributed by atoms with Gasteiger partial charge in [0.2, 0.25) is 0 Å². The molecule has 0 aliphatic heterocycles. The van der Waals surface area contributed by atoms with Gasteiger partial charge in [0.05, 0.1) is 17.8 Å². The Morgan fingerprint density at radius 3 is 1.16 bits per heavy atom. The summed E-state index contributed by atoms with van der Waals surface area (Å²) in [5, 5.41) is 0. The van der Waals surface area contributed by atoms with Crippen LogP contribution in [0, 0.1) is 28.6 Å². The number of unbranched alkanes of at least 4 members (excludes halogenated alkanes) is 17. The Morgan fingerprint density at radius 1 is 0.343 bits per heavy atom. The van der Waals surface area contributed by atoms with E-state index in [9.17, 15) is 0 Å². The molecule has 0 amide bonds. The summed E-state index contributed by atoms with van der Waals surface area (Å²) >= 11 is 0. The summed E-state index contributed by atoms with van der Waals surface area (Å²) < 4.78 is 39.0. The summed E-state index contributed by atoms with van der Waals surface area (Å²) in [5.74, 6) is 1.90. The lowest BCUT2D eigenvalue weighted by Crippen LogP contribution is -2.56. The van der Waals surface area contributed by atoms with E-state index in [1.807, 2.05) is 0 Å². The van der Waals surface area contributed by atoms with E-state index in [4.69, 9.17) is 28.4 Å².